The Morgan fingerprint density at radius 3 is 3.04 bits per heavy atom. The lowest BCUT2D eigenvalue weighted by Crippen LogP contribution is -2.45. The second-order valence-corrected chi connectivity index (χ2v) is 6.60. The SMILES string of the molecule is Cn1c(=O)[nH]c2cc(C(=O)N3CCCC[C@@H]3Cn3cccn3)ccc21. The minimum absolute atomic E-state index is 0.0171. The van der Waals surface area contributed by atoms with Gasteiger partial charge in [0, 0.05) is 31.5 Å². The van der Waals surface area contributed by atoms with Crippen LogP contribution >= 0.6 is 0 Å². The molecule has 1 amide bonds. The number of hydrogen-bond donors (Lipinski definition) is 1. The van der Waals surface area contributed by atoms with Gasteiger partial charge < -0.3 is 9.88 Å². The summed E-state index contributed by atoms with van der Waals surface area (Å²) in [6, 6.07) is 7.45. The van der Waals surface area contributed by atoms with Gasteiger partial charge in [0.25, 0.3) is 5.91 Å². The number of carbonyl (C=O) groups excluding carboxylic acids is 1. The largest absolute Gasteiger partial charge is 0.334 e. The number of H-pyrrole nitrogens is 1. The molecule has 7 heteroatoms. The molecule has 0 spiro atoms. The van der Waals surface area contributed by atoms with E-state index < -0.39 is 0 Å². The molecule has 1 N–H and O–H groups in total. The quantitative estimate of drug-likeness (QED) is 0.790. The number of nitrogens with zero attached hydrogens (tertiary/aromatic N) is 4. The Morgan fingerprint density at radius 2 is 2.24 bits per heavy atom. The van der Waals surface area contributed by atoms with Crippen LogP contribution in [-0.4, -0.2) is 42.7 Å². The molecule has 1 saturated heterocycles. The molecule has 1 aliphatic rings. The summed E-state index contributed by atoms with van der Waals surface area (Å²) in [5, 5.41) is 4.27. The van der Waals surface area contributed by atoms with Gasteiger partial charge in [-0.1, -0.05) is 0 Å². The Balaban J connectivity index is 1.62. The monoisotopic (exact) mass is 339 g/mol. The van der Waals surface area contributed by atoms with E-state index in [0.717, 1.165) is 31.3 Å². The van der Waals surface area contributed by atoms with Gasteiger partial charge in [-0.2, -0.15) is 5.10 Å². The van der Waals surface area contributed by atoms with Crippen molar-refractivity contribution in [2.45, 2.75) is 31.8 Å². The molecular formula is C18H21N5O2. The maximum absolute atomic E-state index is 13.1. The van der Waals surface area contributed by atoms with Crippen LogP contribution in [0.4, 0.5) is 0 Å². The van der Waals surface area contributed by atoms with Crippen molar-refractivity contribution in [3.05, 3.63) is 52.7 Å². The minimum atomic E-state index is -0.172. The lowest BCUT2D eigenvalue weighted by molar-refractivity contribution is 0.0584. The van der Waals surface area contributed by atoms with Crippen LogP contribution in [0.5, 0.6) is 0 Å². The molecule has 1 atom stereocenters. The normalized spacial score (nSPS) is 18.0. The molecule has 25 heavy (non-hydrogen) atoms. The second-order valence-electron chi connectivity index (χ2n) is 6.60. The third-order valence-electron chi connectivity index (χ3n) is 5.00. The maximum atomic E-state index is 13.1. The second kappa shape index (κ2) is 6.23. The van der Waals surface area contributed by atoms with Crippen LogP contribution in [0.3, 0.4) is 0 Å². The summed E-state index contributed by atoms with van der Waals surface area (Å²) in [7, 11) is 1.72. The third kappa shape index (κ3) is 2.86. The molecule has 4 rings (SSSR count). The molecule has 1 aliphatic heterocycles. The highest BCUT2D eigenvalue weighted by Crippen LogP contribution is 2.22. The number of aromatic amines is 1. The summed E-state index contributed by atoms with van der Waals surface area (Å²) < 4.78 is 3.43. The summed E-state index contributed by atoms with van der Waals surface area (Å²) in [4.78, 5) is 29.6. The first-order chi connectivity index (χ1) is 12.1. The molecule has 130 valence electrons. The Morgan fingerprint density at radius 1 is 1.36 bits per heavy atom. The van der Waals surface area contributed by atoms with E-state index in [1.165, 1.54) is 0 Å². The molecule has 2 aromatic heterocycles. The van der Waals surface area contributed by atoms with Gasteiger partial charge in [0.15, 0.2) is 0 Å². The molecule has 0 radical (unpaired) electrons. The molecule has 0 unspecified atom stereocenters. The van der Waals surface area contributed by atoms with Crippen molar-refractivity contribution in [1.29, 1.82) is 0 Å². The third-order valence-corrected chi connectivity index (χ3v) is 5.00. The van der Waals surface area contributed by atoms with E-state index in [9.17, 15) is 9.59 Å². The van der Waals surface area contributed by atoms with Crippen molar-refractivity contribution in [1.82, 2.24) is 24.2 Å². The first-order valence-electron chi connectivity index (χ1n) is 8.60. The van der Waals surface area contributed by atoms with Gasteiger partial charge in [0.1, 0.15) is 0 Å². The smallest absolute Gasteiger partial charge is 0.326 e. The highest BCUT2D eigenvalue weighted by Gasteiger charge is 2.28. The summed E-state index contributed by atoms with van der Waals surface area (Å²) in [6.07, 6.45) is 6.81. The first-order valence-corrected chi connectivity index (χ1v) is 8.60. The number of imidazole rings is 1. The van der Waals surface area contributed by atoms with Crippen LogP contribution < -0.4 is 5.69 Å². The first kappa shape index (κ1) is 15.7. The summed E-state index contributed by atoms with van der Waals surface area (Å²) in [5.74, 6) is 0.0171. The number of benzene rings is 1. The molecule has 0 bridgehead atoms. The van der Waals surface area contributed by atoms with Crippen molar-refractivity contribution in [2.24, 2.45) is 7.05 Å². The Labute approximate surface area is 144 Å². The predicted molar refractivity (Wildman–Crippen MR) is 94.4 cm³/mol. The van der Waals surface area contributed by atoms with Gasteiger partial charge >= 0.3 is 5.69 Å². The highest BCUT2D eigenvalue weighted by atomic mass is 16.2. The predicted octanol–water partition coefficient (Wildman–Crippen LogP) is 1.76. The van der Waals surface area contributed by atoms with Crippen LogP contribution in [0.15, 0.2) is 41.5 Å². The number of piperidine rings is 1. The number of amides is 1. The average molecular weight is 339 g/mol. The van der Waals surface area contributed by atoms with Gasteiger partial charge in [-0.05, 0) is 43.5 Å². The van der Waals surface area contributed by atoms with E-state index in [0.29, 0.717) is 17.6 Å². The number of carbonyl (C=O) groups is 1. The van der Waals surface area contributed by atoms with Gasteiger partial charge in [0.05, 0.1) is 23.6 Å². The molecule has 3 heterocycles. The van der Waals surface area contributed by atoms with Crippen molar-refractivity contribution < 1.29 is 4.79 Å². The lowest BCUT2D eigenvalue weighted by atomic mass is 10.0. The fraction of sp³-hybridized carbons (Fsp3) is 0.389. The summed E-state index contributed by atoms with van der Waals surface area (Å²) in [5.41, 5.74) is 1.93. The molecule has 1 aromatic carbocycles. The summed E-state index contributed by atoms with van der Waals surface area (Å²) >= 11 is 0. The fourth-order valence-corrected chi connectivity index (χ4v) is 3.62. The van der Waals surface area contributed by atoms with Crippen LogP contribution in [0.25, 0.3) is 11.0 Å². The van der Waals surface area contributed by atoms with Gasteiger partial charge in [-0.3, -0.25) is 14.0 Å². The molecular weight excluding hydrogens is 318 g/mol. The molecule has 1 fully saturated rings. The zero-order valence-corrected chi connectivity index (χ0v) is 14.2. The van der Waals surface area contributed by atoms with E-state index in [4.69, 9.17) is 0 Å². The van der Waals surface area contributed by atoms with Crippen LogP contribution in [0.2, 0.25) is 0 Å². The Hall–Kier alpha value is -2.83. The number of rotatable bonds is 3. The van der Waals surface area contributed by atoms with E-state index >= 15 is 0 Å². The van der Waals surface area contributed by atoms with Crippen LogP contribution in [0.1, 0.15) is 29.6 Å². The van der Waals surface area contributed by atoms with E-state index in [1.54, 1.807) is 29.9 Å². The molecule has 0 saturated carbocycles. The van der Waals surface area contributed by atoms with Gasteiger partial charge in [0.2, 0.25) is 0 Å². The molecule has 0 aliphatic carbocycles. The van der Waals surface area contributed by atoms with E-state index in [2.05, 4.69) is 10.1 Å². The van der Waals surface area contributed by atoms with Crippen molar-refractivity contribution >= 4 is 16.9 Å². The van der Waals surface area contributed by atoms with Crippen molar-refractivity contribution in [3.63, 3.8) is 0 Å². The fourth-order valence-electron chi connectivity index (χ4n) is 3.62. The number of likely N-dealkylation sites (tertiary alicyclic amines) is 1. The van der Waals surface area contributed by atoms with Gasteiger partial charge in [-0.25, -0.2) is 4.79 Å². The number of nitrogens with one attached hydrogen (secondary N) is 1. The lowest BCUT2D eigenvalue weighted by Gasteiger charge is -2.35. The molecule has 3 aromatic rings. The van der Waals surface area contributed by atoms with Crippen molar-refractivity contribution in [2.75, 3.05) is 6.54 Å². The summed E-state index contributed by atoms with van der Waals surface area (Å²) in [6.45, 7) is 1.47. The highest BCUT2D eigenvalue weighted by molar-refractivity contribution is 5.97. The van der Waals surface area contributed by atoms with E-state index in [-0.39, 0.29) is 17.6 Å². The number of hydrogen-bond acceptors (Lipinski definition) is 3. The topological polar surface area (TPSA) is 75.9 Å². The Kier molecular flexibility index (Phi) is 3.91. The Bertz CT molecular complexity index is 954. The zero-order chi connectivity index (χ0) is 17.4. The van der Waals surface area contributed by atoms with Crippen LogP contribution in [-0.2, 0) is 13.6 Å². The number of aryl methyl sites for hydroxylation is 1. The van der Waals surface area contributed by atoms with Gasteiger partial charge in [-0.15, -0.1) is 0 Å². The van der Waals surface area contributed by atoms with E-state index in [1.807, 2.05) is 27.9 Å². The van der Waals surface area contributed by atoms with Crippen LogP contribution in [0, 0.1) is 0 Å². The standard InChI is InChI=1S/C18H21N5O2/c1-21-16-7-6-13(11-15(16)20-18(21)25)17(24)23-10-3-2-5-14(23)12-22-9-4-8-19-22/h4,6-9,11,14H,2-3,5,10,12H2,1H3,(H,20,25)/t14-/m1/s1. The number of aromatic nitrogens is 4. The zero-order valence-electron chi connectivity index (χ0n) is 14.2. The molecule has 7 nitrogen and oxygen atoms in total. The number of fused-ring (bicyclic) bond motifs is 1. The maximum Gasteiger partial charge on any atom is 0.326 e. The average Bonchev–Trinajstić information content (AvgIpc) is 3.23. The van der Waals surface area contributed by atoms with Crippen molar-refractivity contribution in [3.8, 4) is 0 Å². The minimum Gasteiger partial charge on any atom is -0.334 e.